The molecule has 1 aromatic heterocycles. The summed E-state index contributed by atoms with van der Waals surface area (Å²) in [5.41, 5.74) is 0. The maximum Gasteiger partial charge on any atom is 0.133 e. The molecule has 0 N–H and O–H groups in total. The molecule has 0 atom stereocenters. The second-order valence-corrected chi connectivity index (χ2v) is 4.95. The lowest BCUT2D eigenvalue weighted by Gasteiger charge is -2.08. The summed E-state index contributed by atoms with van der Waals surface area (Å²) in [6.07, 6.45) is 0.821. The number of aryl methyl sites for hydroxylation is 1. The zero-order valence-corrected chi connectivity index (χ0v) is 10.9. The van der Waals surface area contributed by atoms with Crippen LogP contribution in [-0.4, -0.2) is 41.3 Å². The maximum absolute atomic E-state index is 5.90. The van der Waals surface area contributed by atoms with Gasteiger partial charge < -0.3 is 4.90 Å². The van der Waals surface area contributed by atoms with E-state index in [1.165, 1.54) is 0 Å². The van der Waals surface area contributed by atoms with Gasteiger partial charge in [0.1, 0.15) is 16.0 Å². The monoisotopic (exact) mass is 245 g/mol. The van der Waals surface area contributed by atoms with E-state index in [9.17, 15) is 0 Å². The van der Waals surface area contributed by atoms with Crippen LogP contribution in [0.25, 0.3) is 0 Å². The Labute approximate surface area is 100 Å². The Kier molecular flexibility index (Phi) is 5.36. The highest BCUT2D eigenvalue weighted by Crippen LogP contribution is 2.18. The molecule has 1 heterocycles. The van der Waals surface area contributed by atoms with Gasteiger partial charge in [0, 0.05) is 24.8 Å². The molecule has 0 aromatic carbocycles. The summed E-state index contributed by atoms with van der Waals surface area (Å²) >= 11 is 7.61. The summed E-state index contributed by atoms with van der Waals surface area (Å²) < 4.78 is 0. The maximum atomic E-state index is 5.90. The minimum Gasteiger partial charge on any atom is -0.309 e. The van der Waals surface area contributed by atoms with Crippen LogP contribution < -0.4 is 0 Å². The molecule has 0 unspecified atom stereocenters. The highest BCUT2D eigenvalue weighted by molar-refractivity contribution is 7.99. The summed E-state index contributed by atoms with van der Waals surface area (Å²) in [4.78, 5) is 10.7. The standard InChI is InChI=1S/C10H16ClN3S/c1-4-9-12-8(11)7-10(13-9)15-6-5-14(2)3/h7H,4-6H2,1-3H3. The Balaban J connectivity index is 2.56. The number of thioether (sulfide) groups is 1. The third-order valence-electron chi connectivity index (χ3n) is 1.82. The van der Waals surface area contributed by atoms with Crippen LogP contribution in [-0.2, 0) is 6.42 Å². The van der Waals surface area contributed by atoms with Crippen LogP contribution in [0.1, 0.15) is 12.7 Å². The molecule has 5 heteroatoms. The molecular formula is C10H16ClN3S. The van der Waals surface area contributed by atoms with Crippen molar-refractivity contribution in [2.75, 3.05) is 26.4 Å². The van der Waals surface area contributed by atoms with Crippen LogP contribution in [0.15, 0.2) is 11.1 Å². The molecule has 0 radical (unpaired) electrons. The van der Waals surface area contributed by atoms with E-state index in [2.05, 4.69) is 29.0 Å². The quantitative estimate of drug-likeness (QED) is 0.588. The normalized spacial score (nSPS) is 11.0. The van der Waals surface area contributed by atoms with Crippen LogP contribution in [0.4, 0.5) is 0 Å². The zero-order valence-electron chi connectivity index (χ0n) is 9.33. The van der Waals surface area contributed by atoms with E-state index in [-0.39, 0.29) is 0 Å². The van der Waals surface area contributed by atoms with Crippen molar-refractivity contribution in [2.45, 2.75) is 18.4 Å². The summed E-state index contributed by atoms with van der Waals surface area (Å²) in [5.74, 6) is 1.83. The van der Waals surface area contributed by atoms with Crippen LogP contribution in [0, 0.1) is 0 Å². The zero-order chi connectivity index (χ0) is 11.3. The van der Waals surface area contributed by atoms with Crippen LogP contribution in [0.5, 0.6) is 0 Å². The van der Waals surface area contributed by atoms with Gasteiger partial charge in [0.15, 0.2) is 0 Å². The fourth-order valence-corrected chi connectivity index (χ4v) is 2.30. The molecule has 0 aliphatic heterocycles. The van der Waals surface area contributed by atoms with Crippen molar-refractivity contribution in [1.82, 2.24) is 14.9 Å². The van der Waals surface area contributed by atoms with E-state index in [0.717, 1.165) is 29.6 Å². The van der Waals surface area contributed by atoms with Crippen molar-refractivity contribution >= 4 is 23.4 Å². The summed E-state index contributed by atoms with van der Waals surface area (Å²) in [5, 5.41) is 1.50. The lowest BCUT2D eigenvalue weighted by Crippen LogP contribution is -2.14. The predicted octanol–water partition coefficient (Wildman–Crippen LogP) is 2.35. The predicted molar refractivity (Wildman–Crippen MR) is 65.7 cm³/mol. The van der Waals surface area contributed by atoms with Gasteiger partial charge in [-0.2, -0.15) is 0 Å². The average Bonchev–Trinajstić information content (AvgIpc) is 2.16. The minimum atomic E-state index is 0.536. The Hall–Kier alpha value is -0.320. The fourth-order valence-electron chi connectivity index (χ4n) is 1.01. The molecule has 0 fully saturated rings. The van der Waals surface area contributed by atoms with Gasteiger partial charge in [-0.25, -0.2) is 9.97 Å². The smallest absolute Gasteiger partial charge is 0.133 e. The molecule has 3 nitrogen and oxygen atoms in total. The largest absolute Gasteiger partial charge is 0.309 e. The molecule has 84 valence electrons. The molecule has 0 bridgehead atoms. The Morgan fingerprint density at radius 1 is 1.40 bits per heavy atom. The Morgan fingerprint density at radius 2 is 2.13 bits per heavy atom. The number of aromatic nitrogens is 2. The first-order valence-electron chi connectivity index (χ1n) is 4.92. The molecular weight excluding hydrogens is 230 g/mol. The first-order chi connectivity index (χ1) is 7.11. The molecule has 15 heavy (non-hydrogen) atoms. The highest BCUT2D eigenvalue weighted by atomic mass is 35.5. The SMILES string of the molecule is CCc1nc(Cl)cc(SCCN(C)C)n1. The van der Waals surface area contributed by atoms with Gasteiger partial charge in [0.2, 0.25) is 0 Å². The average molecular weight is 246 g/mol. The molecule has 0 aliphatic rings. The third-order valence-corrected chi connectivity index (χ3v) is 2.91. The van der Waals surface area contributed by atoms with Crippen LogP contribution >= 0.6 is 23.4 Å². The summed E-state index contributed by atoms with van der Waals surface area (Å²) in [7, 11) is 4.12. The first-order valence-corrected chi connectivity index (χ1v) is 6.29. The van der Waals surface area contributed by atoms with Gasteiger partial charge >= 0.3 is 0 Å². The van der Waals surface area contributed by atoms with Gasteiger partial charge in [0.05, 0.1) is 0 Å². The van der Waals surface area contributed by atoms with Gasteiger partial charge in [-0.1, -0.05) is 18.5 Å². The van der Waals surface area contributed by atoms with E-state index in [1.807, 2.05) is 13.0 Å². The number of halogens is 1. The van der Waals surface area contributed by atoms with E-state index in [4.69, 9.17) is 11.6 Å². The number of hydrogen-bond acceptors (Lipinski definition) is 4. The second kappa shape index (κ2) is 6.30. The van der Waals surface area contributed by atoms with Crippen molar-refractivity contribution in [3.8, 4) is 0 Å². The Bertz CT molecular complexity index is 318. The molecule has 0 amide bonds. The third kappa shape index (κ3) is 4.82. The van der Waals surface area contributed by atoms with Gasteiger partial charge in [-0.3, -0.25) is 0 Å². The van der Waals surface area contributed by atoms with Crippen LogP contribution in [0.3, 0.4) is 0 Å². The van der Waals surface area contributed by atoms with Crippen molar-refractivity contribution in [1.29, 1.82) is 0 Å². The summed E-state index contributed by atoms with van der Waals surface area (Å²) in [6.45, 7) is 3.06. The molecule has 0 spiro atoms. The van der Waals surface area contributed by atoms with Crippen molar-refractivity contribution in [3.05, 3.63) is 17.0 Å². The number of nitrogens with zero attached hydrogens (tertiary/aromatic N) is 3. The molecule has 0 aliphatic carbocycles. The van der Waals surface area contributed by atoms with Crippen molar-refractivity contribution < 1.29 is 0 Å². The fraction of sp³-hybridized carbons (Fsp3) is 0.600. The van der Waals surface area contributed by atoms with Crippen molar-refractivity contribution in [3.63, 3.8) is 0 Å². The second-order valence-electron chi connectivity index (χ2n) is 3.45. The molecule has 1 rings (SSSR count). The van der Waals surface area contributed by atoms with E-state index in [1.54, 1.807) is 11.8 Å². The molecule has 0 saturated heterocycles. The van der Waals surface area contributed by atoms with E-state index >= 15 is 0 Å². The lowest BCUT2D eigenvalue weighted by molar-refractivity contribution is 0.437. The molecule has 1 aromatic rings. The first kappa shape index (κ1) is 12.7. The summed E-state index contributed by atoms with van der Waals surface area (Å²) in [6, 6.07) is 1.82. The topological polar surface area (TPSA) is 29.0 Å². The van der Waals surface area contributed by atoms with Gasteiger partial charge in [-0.05, 0) is 14.1 Å². The van der Waals surface area contributed by atoms with E-state index in [0.29, 0.717) is 5.15 Å². The lowest BCUT2D eigenvalue weighted by atomic mass is 10.4. The molecule has 0 saturated carbocycles. The number of rotatable bonds is 5. The van der Waals surface area contributed by atoms with Gasteiger partial charge in [0.25, 0.3) is 0 Å². The van der Waals surface area contributed by atoms with E-state index < -0.39 is 0 Å². The minimum absolute atomic E-state index is 0.536. The Morgan fingerprint density at radius 3 is 2.73 bits per heavy atom. The highest BCUT2D eigenvalue weighted by Gasteiger charge is 2.02. The van der Waals surface area contributed by atoms with Crippen LogP contribution in [0.2, 0.25) is 5.15 Å². The van der Waals surface area contributed by atoms with Gasteiger partial charge in [-0.15, -0.1) is 11.8 Å². The van der Waals surface area contributed by atoms with Crippen molar-refractivity contribution in [2.24, 2.45) is 0 Å². The number of hydrogen-bond donors (Lipinski definition) is 0.